The van der Waals surface area contributed by atoms with E-state index in [-0.39, 0.29) is 11.3 Å². The molecule has 0 radical (unpaired) electrons. The van der Waals surface area contributed by atoms with Gasteiger partial charge in [0.15, 0.2) is 0 Å². The Morgan fingerprint density at radius 3 is 2.94 bits per heavy atom. The first-order valence-electron chi connectivity index (χ1n) is 11.0. The second-order valence-corrected chi connectivity index (χ2v) is 9.91. The lowest BCUT2D eigenvalue weighted by molar-refractivity contribution is -0.113. The average molecular weight is 448 g/mol. The van der Waals surface area contributed by atoms with Crippen LogP contribution in [0.2, 0.25) is 5.02 Å². The van der Waals surface area contributed by atoms with Crippen molar-refractivity contribution in [1.29, 1.82) is 0 Å². The van der Waals surface area contributed by atoms with E-state index in [2.05, 4.69) is 45.0 Å². The number of aromatic nitrogens is 4. The summed E-state index contributed by atoms with van der Waals surface area (Å²) >= 11 is 6.50. The van der Waals surface area contributed by atoms with Gasteiger partial charge in [0.05, 0.1) is 11.2 Å². The highest BCUT2D eigenvalue weighted by Gasteiger charge is 2.32. The molecule has 3 aromatic rings. The number of allylic oxidation sites excluding steroid dienone is 1. The second kappa shape index (κ2) is 8.17. The van der Waals surface area contributed by atoms with Crippen molar-refractivity contribution in [3.63, 3.8) is 0 Å². The quantitative estimate of drug-likeness (QED) is 0.580. The van der Waals surface area contributed by atoms with Crippen molar-refractivity contribution in [3.05, 3.63) is 70.9 Å². The largest absolute Gasteiger partial charge is 0.307 e. The third-order valence-electron chi connectivity index (χ3n) is 6.38. The van der Waals surface area contributed by atoms with Crippen LogP contribution in [0.25, 0.3) is 11.1 Å². The second-order valence-electron chi connectivity index (χ2n) is 9.50. The molecule has 0 saturated heterocycles. The summed E-state index contributed by atoms with van der Waals surface area (Å²) in [6.07, 6.45) is 12.7. The molecule has 5 rings (SSSR count). The van der Waals surface area contributed by atoms with Crippen LogP contribution in [0, 0.1) is 5.41 Å². The van der Waals surface area contributed by atoms with Gasteiger partial charge in [-0.1, -0.05) is 37.6 Å². The SMILES string of the molecule is CC1(C)Cc2c(-c3cc(NC(=O)C4=CCC[C@H](c5cccnc5)C4)ncc3Cl)cnn2C1. The third-order valence-corrected chi connectivity index (χ3v) is 6.68. The summed E-state index contributed by atoms with van der Waals surface area (Å²) in [5, 5.41) is 8.08. The van der Waals surface area contributed by atoms with Crippen molar-refractivity contribution in [2.24, 2.45) is 5.41 Å². The van der Waals surface area contributed by atoms with Gasteiger partial charge in [-0.15, -0.1) is 0 Å². The average Bonchev–Trinajstić information content (AvgIpc) is 3.30. The van der Waals surface area contributed by atoms with Crippen LogP contribution < -0.4 is 5.32 Å². The molecule has 2 aliphatic rings. The number of halogens is 1. The van der Waals surface area contributed by atoms with Crippen LogP contribution in [0.5, 0.6) is 0 Å². The van der Waals surface area contributed by atoms with Crippen LogP contribution in [-0.4, -0.2) is 25.7 Å². The summed E-state index contributed by atoms with van der Waals surface area (Å²) in [5.41, 5.74) is 5.17. The van der Waals surface area contributed by atoms with Crippen molar-refractivity contribution in [3.8, 4) is 11.1 Å². The van der Waals surface area contributed by atoms with E-state index in [1.54, 1.807) is 12.4 Å². The maximum Gasteiger partial charge on any atom is 0.252 e. The molecule has 6 nitrogen and oxygen atoms in total. The van der Waals surface area contributed by atoms with Crippen molar-refractivity contribution in [2.75, 3.05) is 5.32 Å². The summed E-state index contributed by atoms with van der Waals surface area (Å²) < 4.78 is 2.05. The van der Waals surface area contributed by atoms with Crippen molar-refractivity contribution >= 4 is 23.3 Å². The van der Waals surface area contributed by atoms with Gasteiger partial charge in [-0.2, -0.15) is 5.10 Å². The molecule has 0 fully saturated rings. The summed E-state index contributed by atoms with van der Waals surface area (Å²) in [7, 11) is 0. The third kappa shape index (κ3) is 4.07. The minimum Gasteiger partial charge on any atom is -0.307 e. The van der Waals surface area contributed by atoms with Crippen LogP contribution in [0.15, 0.2) is 54.6 Å². The Labute approximate surface area is 192 Å². The number of nitrogens with zero attached hydrogens (tertiary/aromatic N) is 4. The first-order chi connectivity index (χ1) is 15.4. The lowest BCUT2D eigenvalue weighted by Crippen LogP contribution is -2.19. The van der Waals surface area contributed by atoms with Gasteiger partial charge in [0.25, 0.3) is 5.91 Å². The first-order valence-corrected chi connectivity index (χ1v) is 11.4. The Hall–Kier alpha value is -2.99. The number of hydrogen-bond acceptors (Lipinski definition) is 4. The predicted octanol–water partition coefficient (Wildman–Crippen LogP) is 5.41. The molecule has 1 aliphatic carbocycles. The Bertz CT molecular complexity index is 1200. The molecule has 3 aromatic heterocycles. The van der Waals surface area contributed by atoms with E-state index in [9.17, 15) is 4.79 Å². The molecule has 1 amide bonds. The number of amides is 1. The topological polar surface area (TPSA) is 72.7 Å². The fraction of sp³-hybridized carbons (Fsp3) is 0.360. The molecule has 1 N–H and O–H groups in total. The van der Waals surface area contributed by atoms with Crippen molar-refractivity contribution < 1.29 is 4.79 Å². The van der Waals surface area contributed by atoms with Crippen molar-refractivity contribution in [1.82, 2.24) is 19.7 Å². The Morgan fingerprint density at radius 2 is 2.12 bits per heavy atom. The number of pyridine rings is 2. The molecule has 7 heteroatoms. The summed E-state index contributed by atoms with van der Waals surface area (Å²) in [6, 6.07) is 5.88. The number of anilines is 1. The zero-order valence-electron chi connectivity index (χ0n) is 18.3. The molecule has 1 atom stereocenters. The van der Waals surface area contributed by atoms with Gasteiger partial charge in [0.2, 0.25) is 0 Å². The normalized spacial score (nSPS) is 19.3. The Kier molecular flexibility index (Phi) is 5.33. The van der Waals surface area contributed by atoms with E-state index in [4.69, 9.17) is 11.6 Å². The van der Waals surface area contributed by atoms with E-state index >= 15 is 0 Å². The molecular formula is C25H26ClN5O. The maximum absolute atomic E-state index is 13.0. The molecule has 32 heavy (non-hydrogen) atoms. The van der Waals surface area contributed by atoms with Crippen LogP contribution in [-0.2, 0) is 17.8 Å². The number of carbonyl (C=O) groups excluding carboxylic acids is 1. The minimum atomic E-state index is -0.110. The van der Waals surface area contributed by atoms with Gasteiger partial charge in [-0.3, -0.25) is 14.5 Å². The van der Waals surface area contributed by atoms with E-state index < -0.39 is 0 Å². The number of rotatable bonds is 4. The fourth-order valence-electron chi connectivity index (χ4n) is 4.78. The van der Waals surface area contributed by atoms with Gasteiger partial charge in [-0.05, 0) is 54.7 Å². The number of nitrogens with one attached hydrogen (secondary N) is 1. The number of carbonyl (C=O) groups is 1. The monoisotopic (exact) mass is 447 g/mol. The van der Waals surface area contributed by atoms with Gasteiger partial charge in [-0.25, -0.2) is 4.98 Å². The predicted molar refractivity (Wildman–Crippen MR) is 125 cm³/mol. The molecule has 1 aliphatic heterocycles. The molecule has 164 valence electrons. The summed E-state index contributed by atoms with van der Waals surface area (Å²) in [5.74, 6) is 0.693. The highest BCUT2D eigenvalue weighted by molar-refractivity contribution is 6.33. The molecular weight excluding hydrogens is 422 g/mol. The van der Waals surface area contributed by atoms with Crippen LogP contribution in [0.1, 0.15) is 50.3 Å². The van der Waals surface area contributed by atoms with E-state index in [1.165, 1.54) is 11.3 Å². The lowest BCUT2D eigenvalue weighted by Gasteiger charge is -2.22. The Morgan fingerprint density at radius 1 is 1.25 bits per heavy atom. The maximum atomic E-state index is 13.0. The summed E-state index contributed by atoms with van der Waals surface area (Å²) in [4.78, 5) is 21.6. The zero-order chi connectivity index (χ0) is 22.3. The van der Waals surface area contributed by atoms with E-state index in [0.717, 1.165) is 42.5 Å². The summed E-state index contributed by atoms with van der Waals surface area (Å²) in [6.45, 7) is 5.37. The molecule has 4 heterocycles. The molecule has 0 bridgehead atoms. The smallest absolute Gasteiger partial charge is 0.252 e. The number of hydrogen-bond donors (Lipinski definition) is 1. The fourth-order valence-corrected chi connectivity index (χ4v) is 4.99. The standard InChI is InChI=1S/C25H26ClN5O/c1-25(2)11-22-20(13-29-31(22)15-25)19-10-23(28-14-21(19)26)30-24(32)17-6-3-5-16(9-17)18-7-4-8-27-12-18/h4,6-8,10,12-14,16H,3,5,9,11,15H2,1-2H3,(H,28,30,32)/t16-/m0/s1. The van der Waals surface area contributed by atoms with Crippen molar-refractivity contribution in [2.45, 2.75) is 52.0 Å². The number of fused-ring (bicyclic) bond motifs is 1. The van der Waals surface area contributed by atoms with Crippen LogP contribution in [0.4, 0.5) is 5.82 Å². The highest BCUT2D eigenvalue weighted by Crippen LogP contribution is 2.39. The first kappa shape index (κ1) is 20.9. The minimum absolute atomic E-state index is 0.110. The van der Waals surface area contributed by atoms with Gasteiger partial charge < -0.3 is 5.32 Å². The molecule has 0 unspecified atom stereocenters. The highest BCUT2D eigenvalue weighted by atomic mass is 35.5. The van der Waals surface area contributed by atoms with Crippen LogP contribution >= 0.6 is 11.6 Å². The van der Waals surface area contributed by atoms with Gasteiger partial charge in [0.1, 0.15) is 5.82 Å². The van der Waals surface area contributed by atoms with E-state index in [1.807, 2.05) is 30.6 Å². The van der Waals surface area contributed by atoms with Gasteiger partial charge >= 0.3 is 0 Å². The molecule has 0 spiro atoms. The molecule has 0 aromatic carbocycles. The zero-order valence-corrected chi connectivity index (χ0v) is 19.1. The molecule has 0 saturated carbocycles. The van der Waals surface area contributed by atoms with Crippen LogP contribution in [0.3, 0.4) is 0 Å². The Balaban J connectivity index is 1.35. The van der Waals surface area contributed by atoms with Gasteiger partial charge in [0, 0.05) is 47.5 Å². The lowest BCUT2D eigenvalue weighted by atomic mass is 9.84. The van der Waals surface area contributed by atoms with E-state index in [0.29, 0.717) is 23.2 Å².